The fourth-order valence-corrected chi connectivity index (χ4v) is 5.29. The van der Waals surface area contributed by atoms with Gasteiger partial charge in [-0.05, 0) is 41.1 Å². The molecule has 19 heteroatoms. The van der Waals surface area contributed by atoms with E-state index in [1.807, 2.05) is 91.0 Å². The Kier molecular flexibility index (Phi) is 32.2. The lowest BCUT2D eigenvalue weighted by Crippen LogP contribution is -2.43. The number of hydrogen-bond acceptors (Lipinski definition) is 17. The summed E-state index contributed by atoms with van der Waals surface area (Å²) in [5.74, 6) is -2.59. The summed E-state index contributed by atoms with van der Waals surface area (Å²) in [5, 5.41) is 2.03. The van der Waals surface area contributed by atoms with Crippen molar-refractivity contribution in [2.75, 3.05) is 86.4 Å². The molecule has 3 aromatic rings. The normalized spacial score (nSPS) is 11.0. The molecule has 3 aromatic carbocycles. The number of rotatable bonds is 35. The van der Waals surface area contributed by atoms with Crippen molar-refractivity contribution >= 4 is 52.4 Å². The maximum absolute atomic E-state index is 12.2. The van der Waals surface area contributed by atoms with Gasteiger partial charge in [-0.15, -0.1) is 0 Å². The zero-order valence-corrected chi connectivity index (χ0v) is 38.0. The van der Waals surface area contributed by atoms with Gasteiger partial charge in [-0.1, -0.05) is 104 Å². The number of unbranched alkanes of at least 4 members (excludes halogenated alkanes) is 2. The standard InChI is InChI=1S/C34H45NO12.C13H15ClO5/c1-41-34(40)30(35-31(37)24-43-18-20-45-26-33(39)47-22-28-13-7-3-8-14-28)16-10-4-9-15-29(36)23-42-17-19-44-25-32(38)46-21-27-11-5-2-6-12-27;14-12(15)9-17-6-7-18-10-13(16)19-8-11-4-2-1-3-5-11/h2-3,5-8,11-14,30H,4,9-10,15-26H2,1H3,(H,35,37);1-5H,6-10H2/t30-;/m0./s1. The largest absolute Gasteiger partial charge is 0.467 e. The number of carbonyl (C=O) groups is 7. The monoisotopic (exact) mass is 945 g/mol. The van der Waals surface area contributed by atoms with E-state index in [0.29, 0.717) is 32.1 Å². The summed E-state index contributed by atoms with van der Waals surface area (Å²) in [4.78, 5) is 81.5. The minimum Gasteiger partial charge on any atom is -0.467 e. The molecule has 66 heavy (non-hydrogen) atoms. The van der Waals surface area contributed by atoms with E-state index in [1.165, 1.54) is 7.11 Å². The van der Waals surface area contributed by atoms with Crippen LogP contribution in [-0.2, 0) is 101 Å². The lowest BCUT2D eigenvalue weighted by atomic mass is 10.1. The zero-order chi connectivity index (χ0) is 47.9. The summed E-state index contributed by atoms with van der Waals surface area (Å²) in [5.41, 5.74) is 2.67. The average molecular weight is 946 g/mol. The third-order valence-electron chi connectivity index (χ3n) is 8.48. The molecule has 0 spiro atoms. The molecule has 0 radical (unpaired) electrons. The van der Waals surface area contributed by atoms with Crippen LogP contribution in [0.25, 0.3) is 0 Å². The first-order valence-corrected chi connectivity index (χ1v) is 21.6. The van der Waals surface area contributed by atoms with Gasteiger partial charge < -0.3 is 52.7 Å². The number of hydrogen-bond donors (Lipinski definition) is 1. The van der Waals surface area contributed by atoms with Gasteiger partial charge in [0.2, 0.25) is 11.1 Å². The second-order valence-electron chi connectivity index (χ2n) is 13.9. The quantitative estimate of drug-likeness (QED) is 0.0377. The first-order valence-electron chi connectivity index (χ1n) is 21.2. The molecule has 0 aliphatic carbocycles. The molecule has 1 atom stereocenters. The van der Waals surface area contributed by atoms with E-state index >= 15 is 0 Å². The lowest BCUT2D eigenvalue weighted by Gasteiger charge is -2.16. The molecular weight excluding hydrogens is 886 g/mol. The fourth-order valence-electron chi connectivity index (χ4n) is 5.21. The highest BCUT2D eigenvalue weighted by atomic mass is 35.5. The number of ketones is 1. The van der Waals surface area contributed by atoms with E-state index in [2.05, 4.69) is 5.32 Å². The molecule has 0 unspecified atom stereocenters. The molecule has 0 saturated heterocycles. The summed E-state index contributed by atoms with van der Waals surface area (Å²) in [7, 11) is 1.24. The minimum absolute atomic E-state index is 0.0635. The predicted molar refractivity (Wildman–Crippen MR) is 237 cm³/mol. The van der Waals surface area contributed by atoms with E-state index in [-0.39, 0.29) is 105 Å². The molecule has 0 aromatic heterocycles. The number of halogens is 1. The highest BCUT2D eigenvalue weighted by Crippen LogP contribution is 2.09. The summed E-state index contributed by atoms with van der Waals surface area (Å²) >= 11 is 5.06. The molecule has 1 N–H and O–H groups in total. The second-order valence-corrected chi connectivity index (χ2v) is 14.3. The molecular formula is C47H60ClNO17. The van der Waals surface area contributed by atoms with Gasteiger partial charge in [0.25, 0.3) is 0 Å². The minimum atomic E-state index is -0.846. The average Bonchev–Trinajstić information content (AvgIpc) is 3.33. The van der Waals surface area contributed by atoms with Crippen molar-refractivity contribution in [3.05, 3.63) is 108 Å². The highest BCUT2D eigenvalue weighted by molar-refractivity contribution is 6.63. The van der Waals surface area contributed by atoms with Crippen molar-refractivity contribution in [3.63, 3.8) is 0 Å². The third-order valence-corrected chi connectivity index (χ3v) is 8.59. The van der Waals surface area contributed by atoms with Crippen LogP contribution in [0, 0.1) is 0 Å². The molecule has 0 saturated carbocycles. The van der Waals surface area contributed by atoms with Gasteiger partial charge in [-0.2, -0.15) is 0 Å². The molecule has 1 amide bonds. The summed E-state index contributed by atoms with van der Waals surface area (Å²) < 4.78 is 50.8. The molecule has 0 bridgehead atoms. The topological polar surface area (TPSA) is 224 Å². The molecule has 0 aliphatic heterocycles. The molecule has 3 rings (SSSR count). The number of nitrogens with one attached hydrogen (secondary N) is 1. The first-order chi connectivity index (χ1) is 32.0. The molecule has 0 heterocycles. The summed E-state index contributed by atoms with van der Waals surface area (Å²) in [6.07, 6.45) is 2.48. The Hall–Kier alpha value is -5.60. The Morgan fingerprint density at radius 3 is 1.26 bits per heavy atom. The number of esters is 4. The number of Topliss-reactive ketones (excluding diaryl/α,β-unsaturated/α-hetero) is 1. The molecule has 0 aliphatic rings. The number of methoxy groups -OCH3 is 1. The van der Waals surface area contributed by atoms with Crippen LogP contribution >= 0.6 is 11.6 Å². The van der Waals surface area contributed by atoms with E-state index in [1.54, 1.807) is 0 Å². The Balaban J connectivity index is 0.000000654. The van der Waals surface area contributed by atoms with Crippen LogP contribution in [0.5, 0.6) is 0 Å². The van der Waals surface area contributed by atoms with Crippen molar-refractivity contribution in [2.45, 2.75) is 58.0 Å². The molecule has 18 nitrogen and oxygen atoms in total. The first kappa shape index (κ1) is 56.5. The fraction of sp³-hybridized carbons (Fsp3) is 0.468. The van der Waals surface area contributed by atoms with Gasteiger partial charge in [-0.25, -0.2) is 19.2 Å². The van der Waals surface area contributed by atoms with Crippen LogP contribution in [0.15, 0.2) is 91.0 Å². The Morgan fingerprint density at radius 1 is 0.485 bits per heavy atom. The van der Waals surface area contributed by atoms with E-state index in [4.69, 9.17) is 59.0 Å². The maximum Gasteiger partial charge on any atom is 0.332 e. The summed E-state index contributed by atoms with van der Waals surface area (Å²) in [6.45, 7) is 0.306. The van der Waals surface area contributed by atoms with E-state index in [9.17, 15) is 33.6 Å². The number of ether oxygens (including phenoxy) is 10. The van der Waals surface area contributed by atoms with Gasteiger partial charge in [0.05, 0.1) is 46.8 Å². The van der Waals surface area contributed by atoms with Gasteiger partial charge in [0.15, 0.2) is 5.78 Å². The number of amides is 1. The SMILES string of the molecule is COC(=O)[C@H](CCCCCC(=O)COCCOCC(=O)OCc1ccccc1)NC(=O)COCCOCC(=O)OCc1ccccc1.O=C(Cl)COCCOCC(=O)OCc1ccccc1. The van der Waals surface area contributed by atoms with Gasteiger partial charge in [-0.3, -0.25) is 14.4 Å². The van der Waals surface area contributed by atoms with Crippen molar-refractivity contribution < 1.29 is 80.9 Å². The van der Waals surface area contributed by atoms with Gasteiger partial charge >= 0.3 is 23.9 Å². The van der Waals surface area contributed by atoms with Crippen molar-refractivity contribution in [1.82, 2.24) is 5.32 Å². The van der Waals surface area contributed by atoms with Crippen molar-refractivity contribution in [1.29, 1.82) is 0 Å². The summed E-state index contributed by atoms with van der Waals surface area (Å²) in [6, 6.07) is 27.1. The third kappa shape index (κ3) is 31.3. The van der Waals surface area contributed by atoms with Crippen LogP contribution in [0.1, 0.15) is 48.8 Å². The van der Waals surface area contributed by atoms with Gasteiger partial charge in [0, 0.05) is 6.42 Å². The van der Waals surface area contributed by atoms with E-state index in [0.717, 1.165) is 16.7 Å². The lowest BCUT2D eigenvalue weighted by molar-refractivity contribution is -0.151. The van der Waals surface area contributed by atoms with Crippen LogP contribution in [-0.4, -0.2) is 133 Å². The Morgan fingerprint density at radius 2 is 0.864 bits per heavy atom. The van der Waals surface area contributed by atoms with Crippen LogP contribution < -0.4 is 5.32 Å². The predicted octanol–water partition coefficient (Wildman–Crippen LogP) is 4.25. The van der Waals surface area contributed by atoms with Crippen LogP contribution in [0.4, 0.5) is 0 Å². The molecule has 0 fully saturated rings. The smallest absolute Gasteiger partial charge is 0.332 e. The van der Waals surface area contributed by atoms with Gasteiger partial charge in [0.1, 0.15) is 65.5 Å². The van der Waals surface area contributed by atoms with Crippen molar-refractivity contribution in [3.8, 4) is 0 Å². The highest BCUT2D eigenvalue weighted by Gasteiger charge is 2.21. The van der Waals surface area contributed by atoms with Crippen molar-refractivity contribution in [2.24, 2.45) is 0 Å². The maximum atomic E-state index is 12.2. The number of carbonyl (C=O) groups excluding carboxylic acids is 7. The number of benzene rings is 3. The Labute approximate surface area is 389 Å². The van der Waals surface area contributed by atoms with E-state index < -0.39 is 41.1 Å². The van der Waals surface area contributed by atoms with Crippen LogP contribution in [0.3, 0.4) is 0 Å². The molecule has 362 valence electrons. The second kappa shape index (κ2) is 37.6. The van der Waals surface area contributed by atoms with Crippen LogP contribution in [0.2, 0.25) is 0 Å². The Bertz CT molecular complexity index is 1820. The zero-order valence-electron chi connectivity index (χ0n) is 37.2.